The van der Waals surface area contributed by atoms with Gasteiger partial charge in [-0.1, -0.05) is 6.07 Å². The monoisotopic (exact) mass is 208 g/mol. The minimum absolute atomic E-state index is 0.636. The zero-order valence-electron chi connectivity index (χ0n) is 9.12. The van der Waals surface area contributed by atoms with Crippen LogP contribution in [0.25, 0.3) is 0 Å². The van der Waals surface area contributed by atoms with Crippen molar-refractivity contribution in [3.05, 3.63) is 23.8 Å². The van der Waals surface area contributed by atoms with E-state index in [1.165, 1.54) is 5.56 Å². The van der Waals surface area contributed by atoms with E-state index in [4.69, 9.17) is 9.47 Å². The average Bonchev–Trinajstić information content (AvgIpc) is 2.26. The summed E-state index contributed by atoms with van der Waals surface area (Å²) in [6, 6.07) is 6.02. The molecule has 0 aromatic heterocycles. The van der Waals surface area contributed by atoms with Crippen LogP contribution >= 0.6 is 0 Å². The summed E-state index contributed by atoms with van der Waals surface area (Å²) >= 11 is 0. The summed E-state index contributed by atoms with van der Waals surface area (Å²) in [4.78, 5) is 0. The summed E-state index contributed by atoms with van der Waals surface area (Å²) in [5.41, 5.74) is 4.39. The molecule has 1 aliphatic rings. The van der Waals surface area contributed by atoms with Crippen LogP contribution < -0.4 is 14.9 Å². The predicted octanol–water partition coefficient (Wildman–Crippen LogP) is 1.02. The standard InChI is InChI=1S/C11H16N2O2/c1-13(2)12-8-9-3-4-10-11(7-9)15-6-5-14-10/h3-4,7,12H,5-6,8H2,1-2H3. The lowest BCUT2D eigenvalue weighted by molar-refractivity contribution is 0.171. The molecule has 0 spiro atoms. The first-order chi connectivity index (χ1) is 7.25. The van der Waals surface area contributed by atoms with E-state index in [2.05, 4.69) is 5.43 Å². The molecular formula is C11H16N2O2. The normalized spacial score (nSPS) is 14.3. The van der Waals surface area contributed by atoms with Gasteiger partial charge in [0.2, 0.25) is 0 Å². The summed E-state index contributed by atoms with van der Waals surface area (Å²) in [5.74, 6) is 1.69. The van der Waals surface area contributed by atoms with Crippen molar-refractivity contribution in [1.29, 1.82) is 0 Å². The Morgan fingerprint density at radius 3 is 2.67 bits per heavy atom. The molecule has 0 amide bonds. The quantitative estimate of drug-likeness (QED) is 0.752. The summed E-state index contributed by atoms with van der Waals surface area (Å²) in [6.07, 6.45) is 0. The van der Waals surface area contributed by atoms with Gasteiger partial charge in [-0.2, -0.15) is 0 Å². The van der Waals surface area contributed by atoms with Crippen LogP contribution in [0.15, 0.2) is 18.2 Å². The van der Waals surface area contributed by atoms with Crippen LogP contribution in [0.1, 0.15) is 5.56 Å². The Bertz CT molecular complexity index is 339. The van der Waals surface area contributed by atoms with Gasteiger partial charge < -0.3 is 9.47 Å². The predicted molar refractivity (Wildman–Crippen MR) is 58.0 cm³/mol. The van der Waals surface area contributed by atoms with E-state index in [9.17, 15) is 0 Å². The van der Waals surface area contributed by atoms with Crippen molar-refractivity contribution >= 4 is 0 Å². The van der Waals surface area contributed by atoms with Crippen LogP contribution in [-0.2, 0) is 6.54 Å². The van der Waals surface area contributed by atoms with Gasteiger partial charge in [-0.25, -0.2) is 0 Å². The van der Waals surface area contributed by atoms with Crippen molar-refractivity contribution < 1.29 is 9.47 Å². The zero-order chi connectivity index (χ0) is 10.7. The number of ether oxygens (including phenoxy) is 2. The second-order valence-corrected chi connectivity index (χ2v) is 3.71. The molecule has 4 heteroatoms. The number of hydrogen-bond donors (Lipinski definition) is 1. The lowest BCUT2D eigenvalue weighted by Gasteiger charge is -2.19. The smallest absolute Gasteiger partial charge is 0.161 e. The Balaban J connectivity index is 2.07. The summed E-state index contributed by atoms with van der Waals surface area (Å²) in [7, 11) is 3.94. The summed E-state index contributed by atoms with van der Waals surface area (Å²) in [6.45, 7) is 2.07. The molecule has 2 rings (SSSR count). The molecule has 15 heavy (non-hydrogen) atoms. The highest BCUT2D eigenvalue weighted by atomic mass is 16.6. The van der Waals surface area contributed by atoms with Crippen LogP contribution in [-0.4, -0.2) is 32.3 Å². The third kappa shape index (κ3) is 2.61. The van der Waals surface area contributed by atoms with Gasteiger partial charge in [-0.05, 0) is 17.7 Å². The molecule has 1 aliphatic heterocycles. The van der Waals surface area contributed by atoms with Crippen LogP contribution in [0.5, 0.6) is 11.5 Å². The maximum atomic E-state index is 5.50. The Kier molecular flexibility index (Phi) is 3.08. The van der Waals surface area contributed by atoms with E-state index in [1.807, 2.05) is 37.3 Å². The highest BCUT2D eigenvalue weighted by Gasteiger charge is 2.11. The highest BCUT2D eigenvalue weighted by Crippen LogP contribution is 2.30. The number of nitrogens with one attached hydrogen (secondary N) is 1. The second kappa shape index (κ2) is 4.51. The molecule has 0 aliphatic carbocycles. The van der Waals surface area contributed by atoms with E-state index in [1.54, 1.807) is 0 Å². The SMILES string of the molecule is CN(C)NCc1ccc2c(c1)OCCO2. The molecule has 0 fully saturated rings. The van der Waals surface area contributed by atoms with Crippen LogP contribution in [0.4, 0.5) is 0 Å². The number of nitrogens with zero attached hydrogens (tertiary/aromatic N) is 1. The number of hydrazine groups is 1. The maximum absolute atomic E-state index is 5.50. The van der Waals surface area contributed by atoms with Crippen LogP contribution in [0.3, 0.4) is 0 Å². The number of fused-ring (bicyclic) bond motifs is 1. The second-order valence-electron chi connectivity index (χ2n) is 3.71. The average molecular weight is 208 g/mol. The van der Waals surface area contributed by atoms with Gasteiger partial charge >= 0.3 is 0 Å². The highest BCUT2D eigenvalue weighted by molar-refractivity contribution is 5.43. The van der Waals surface area contributed by atoms with Gasteiger partial charge in [-0.15, -0.1) is 0 Å². The Hall–Kier alpha value is -1.26. The molecule has 1 aromatic rings. The first-order valence-electron chi connectivity index (χ1n) is 5.05. The Morgan fingerprint density at radius 2 is 1.93 bits per heavy atom. The van der Waals surface area contributed by atoms with Crippen molar-refractivity contribution in [3.63, 3.8) is 0 Å². The van der Waals surface area contributed by atoms with Crippen LogP contribution in [0.2, 0.25) is 0 Å². The molecule has 0 radical (unpaired) electrons. The first kappa shape index (κ1) is 10.3. The van der Waals surface area contributed by atoms with E-state index >= 15 is 0 Å². The molecule has 0 saturated heterocycles. The Labute approximate surface area is 89.8 Å². The third-order valence-electron chi connectivity index (χ3n) is 2.21. The maximum Gasteiger partial charge on any atom is 0.161 e. The van der Waals surface area contributed by atoms with Gasteiger partial charge in [0.15, 0.2) is 11.5 Å². The number of hydrogen-bond acceptors (Lipinski definition) is 4. The minimum Gasteiger partial charge on any atom is -0.486 e. The molecule has 0 atom stereocenters. The van der Waals surface area contributed by atoms with Crippen LogP contribution in [0, 0.1) is 0 Å². The molecule has 0 saturated carbocycles. The lowest BCUT2D eigenvalue weighted by Crippen LogP contribution is -2.29. The summed E-state index contributed by atoms with van der Waals surface area (Å²) < 4.78 is 11.0. The van der Waals surface area contributed by atoms with E-state index in [0.717, 1.165) is 18.0 Å². The topological polar surface area (TPSA) is 33.7 Å². The van der Waals surface area contributed by atoms with Gasteiger partial charge in [-0.3, -0.25) is 10.4 Å². The molecule has 1 heterocycles. The van der Waals surface area contributed by atoms with E-state index in [-0.39, 0.29) is 0 Å². The molecule has 1 aromatic carbocycles. The summed E-state index contributed by atoms with van der Waals surface area (Å²) in [5, 5.41) is 1.93. The van der Waals surface area contributed by atoms with Gasteiger partial charge in [0.25, 0.3) is 0 Å². The largest absolute Gasteiger partial charge is 0.486 e. The fourth-order valence-electron chi connectivity index (χ4n) is 1.45. The minimum atomic E-state index is 0.636. The van der Waals surface area contributed by atoms with Gasteiger partial charge in [0.1, 0.15) is 13.2 Å². The molecular weight excluding hydrogens is 192 g/mol. The lowest BCUT2D eigenvalue weighted by atomic mass is 10.2. The third-order valence-corrected chi connectivity index (χ3v) is 2.21. The van der Waals surface area contributed by atoms with E-state index in [0.29, 0.717) is 13.2 Å². The van der Waals surface area contributed by atoms with Crippen molar-refractivity contribution in [2.75, 3.05) is 27.3 Å². The molecule has 82 valence electrons. The van der Waals surface area contributed by atoms with Crippen molar-refractivity contribution in [2.24, 2.45) is 0 Å². The molecule has 0 unspecified atom stereocenters. The Morgan fingerprint density at radius 1 is 1.20 bits per heavy atom. The molecule has 4 nitrogen and oxygen atoms in total. The van der Waals surface area contributed by atoms with E-state index < -0.39 is 0 Å². The first-order valence-corrected chi connectivity index (χ1v) is 5.05. The zero-order valence-corrected chi connectivity index (χ0v) is 9.12. The molecule has 1 N–H and O–H groups in total. The van der Waals surface area contributed by atoms with Gasteiger partial charge in [0, 0.05) is 20.6 Å². The number of rotatable bonds is 3. The fraction of sp³-hybridized carbons (Fsp3) is 0.455. The molecule has 0 bridgehead atoms. The fourth-order valence-corrected chi connectivity index (χ4v) is 1.45. The van der Waals surface area contributed by atoms with Gasteiger partial charge in [0.05, 0.1) is 0 Å². The van der Waals surface area contributed by atoms with Crippen molar-refractivity contribution in [3.8, 4) is 11.5 Å². The van der Waals surface area contributed by atoms with Crippen molar-refractivity contribution in [2.45, 2.75) is 6.54 Å². The number of benzene rings is 1. The van der Waals surface area contributed by atoms with Crippen molar-refractivity contribution in [1.82, 2.24) is 10.4 Å².